The van der Waals surface area contributed by atoms with Crippen LogP contribution < -0.4 is 4.18 Å². The van der Waals surface area contributed by atoms with Crippen molar-refractivity contribution in [3.63, 3.8) is 0 Å². The fraction of sp³-hybridized carbons (Fsp3) is 0.217. The first-order chi connectivity index (χ1) is 16.6. The molecule has 1 aromatic heterocycles. The maximum absolute atomic E-state index is 12.3. The van der Waals surface area contributed by atoms with Crippen LogP contribution in [0.1, 0.15) is 32.4 Å². The Morgan fingerprint density at radius 1 is 1.11 bits per heavy atom. The third kappa shape index (κ3) is 7.03. The fourth-order valence-corrected chi connectivity index (χ4v) is 5.10. The van der Waals surface area contributed by atoms with Crippen molar-refractivity contribution in [3.05, 3.63) is 86.6 Å². The second-order valence-electron chi connectivity index (χ2n) is 7.35. The van der Waals surface area contributed by atoms with E-state index in [0.29, 0.717) is 5.02 Å². The van der Waals surface area contributed by atoms with Crippen LogP contribution in [-0.4, -0.2) is 48.6 Å². The number of carboxylic acids is 1. The zero-order valence-corrected chi connectivity index (χ0v) is 20.8. The van der Waals surface area contributed by atoms with Crippen LogP contribution in [0.4, 0.5) is 0 Å². The highest BCUT2D eigenvalue weighted by Gasteiger charge is 2.32. The second-order valence-corrected chi connectivity index (χ2v) is 9.78. The third-order valence-electron chi connectivity index (χ3n) is 5.14. The number of esters is 1. The van der Waals surface area contributed by atoms with E-state index in [1.165, 1.54) is 29.7 Å². The zero-order chi connectivity index (χ0) is 25.6. The number of carboxylic acid groups (broad SMARTS) is 1. The summed E-state index contributed by atoms with van der Waals surface area (Å²) < 4.78 is 38.0. The van der Waals surface area contributed by atoms with Crippen LogP contribution in [-0.2, 0) is 32.9 Å². The molecular weight excluding hydrogens is 518 g/mol. The number of methoxy groups -OCH3 is 1. The Hall–Kier alpha value is -2.96. The van der Waals surface area contributed by atoms with Crippen LogP contribution in [0.25, 0.3) is 0 Å². The van der Waals surface area contributed by atoms with Gasteiger partial charge in [0.25, 0.3) is 0 Å². The van der Waals surface area contributed by atoms with Crippen molar-refractivity contribution in [2.45, 2.75) is 19.0 Å². The molecule has 2 heterocycles. The lowest BCUT2D eigenvalue weighted by Crippen LogP contribution is -2.38. The Bertz CT molecular complexity index is 1310. The van der Waals surface area contributed by atoms with Crippen molar-refractivity contribution in [1.29, 1.82) is 0 Å². The molecule has 9 nitrogen and oxygen atoms in total. The van der Waals surface area contributed by atoms with Gasteiger partial charge in [0.1, 0.15) is 11.6 Å². The van der Waals surface area contributed by atoms with E-state index in [4.69, 9.17) is 26.0 Å². The molecule has 2 aromatic carbocycles. The van der Waals surface area contributed by atoms with Gasteiger partial charge in [0.2, 0.25) is 0 Å². The van der Waals surface area contributed by atoms with Gasteiger partial charge in [0, 0.05) is 23.0 Å². The van der Waals surface area contributed by atoms with E-state index in [1.54, 1.807) is 11.3 Å². The van der Waals surface area contributed by atoms with Crippen molar-refractivity contribution in [3.8, 4) is 5.75 Å². The molecule has 0 radical (unpaired) electrons. The number of nitrogens with zero attached hydrogens (tertiary/aromatic N) is 1. The lowest BCUT2D eigenvalue weighted by Gasteiger charge is -2.33. The first-order valence-corrected chi connectivity index (χ1v) is 12.8. The predicted molar refractivity (Wildman–Crippen MR) is 130 cm³/mol. The van der Waals surface area contributed by atoms with Gasteiger partial charge < -0.3 is 14.0 Å². The number of aromatic carboxylic acids is 1. The van der Waals surface area contributed by atoms with E-state index in [-0.39, 0.29) is 11.5 Å². The Balaban J connectivity index is 0.000000214. The normalized spacial score (nSPS) is 14.1. The van der Waals surface area contributed by atoms with Crippen LogP contribution >= 0.6 is 22.9 Å². The number of carbonyl (C=O) groups is 2. The Kier molecular flexibility index (Phi) is 8.87. The number of hydrogen-bond donors (Lipinski definition) is 2. The standard InChI is InChI=1S/C16H16ClNO2S.C7H6O6S/c1-20-16(19)15(12-4-2-3-5-13(12)17)18-8-6-14-11(10-18)7-9-21-14;8-7(9)5-3-1-2-4-6(5)13-14(10,11)12/h2-5,7,9,15H,6,8,10H2,1H3;1-4H,(H,8,9)(H,10,11,12)/t15-;/m0./s1. The van der Waals surface area contributed by atoms with Gasteiger partial charge in [-0.1, -0.05) is 41.9 Å². The van der Waals surface area contributed by atoms with Crippen molar-refractivity contribution < 1.29 is 36.6 Å². The zero-order valence-electron chi connectivity index (χ0n) is 18.5. The first-order valence-electron chi connectivity index (χ1n) is 10.2. The van der Waals surface area contributed by atoms with E-state index in [2.05, 4.69) is 20.5 Å². The second kappa shape index (κ2) is 11.6. The Morgan fingerprint density at radius 3 is 2.46 bits per heavy atom. The van der Waals surface area contributed by atoms with Gasteiger partial charge in [0.05, 0.1) is 7.11 Å². The summed E-state index contributed by atoms with van der Waals surface area (Å²) in [5, 5.41) is 11.3. The van der Waals surface area contributed by atoms with Gasteiger partial charge in [-0.3, -0.25) is 9.45 Å². The maximum Gasteiger partial charge on any atom is 0.446 e. The maximum atomic E-state index is 12.3. The molecule has 1 aliphatic rings. The highest BCUT2D eigenvalue weighted by molar-refractivity contribution is 7.81. The number of halogens is 1. The lowest BCUT2D eigenvalue weighted by atomic mass is 10.0. The van der Waals surface area contributed by atoms with Crippen molar-refractivity contribution in [2.24, 2.45) is 0 Å². The molecule has 35 heavy (non-hydrogen) atoms. The Labute approximate surface area is 211 Å². The van der Waals surface area contributed by atoms with Gasteiger partial charge in [-0.25, -0.2) is 9.59 Å². The molecule has 0 aliphatic carbocycles. The van der Waals surface area contributed by atoms with E-state index < -0.39 is 28.2 Å². The van der Waals surface area contributed by atoms with Gasteiger partial charge >= 0.3 is 22.3 Å². The average Bonchev–Trinajstić information content (AvgIpc) is 3.28. The number of fused-ring (bicyclic) bond motifs is 1. The molecule has 0 saturated carbocycles. The van der Waals surface area contributed by atoms with Crippen LogP contribution in [0.2, 0.25) is 5.02 Å². The number of carbonyl (C=O) groups excluding carboxylic acids is 1. The topological polar surface area (TPSA) is 130 Å². The summed E-state index contributed by atoms with van der Waals surface area (Å²) in [4.78, 5) is 26.4. The largest absolute Gasteiger partial charge is 0.478 e. The number of thiophene rings is 1. The Morgan fingerprint density at radius 2 is 1.80 bits per heavy atom. The molecule has 186 valence electrons. The molecule has 0 fully saturated rings. The van der Waals surface area contributed by atoms with E-state index in [1.807, 2.05) is 24.3 Å². The van der Waals surface area contributed by atoms with E-state index in [9.17, 15) is 18.0 Å². The molecule has 0 spiro atoms. The predicted octanol–water partition coefficient (Wildman–Crippen LogP) is 4.24. The molecular formula is C23H22ClNO8S2. The lowest BCUT2D eigenvalue weighted by molar-refractivity contribution is -0.147. The molecule has 0 unspecified atom stereocenters. The molecule has 0 saturated heterocycles. The fourth-order valence-electron chi connectivity index (χ4n) is 3.60. The quantitative estimate of drug-likeness (QED) is 0.349. The van der Waals surface area contributed by atoms with E-state index >= 15 is 0 Å². The van der Waals surface area contributed by atoms with Crippen molar-refractivity contribution in [2.75, 3.05) is 13.7 Å². The monoisotopic (exact) mass is 539 g/mol. The summed E-state index contributed by atoms with van der Waals surface area (Å²) in [7, 11) is -3.27. The highest BCUT2D eigenvalue weighted by atomic mass is 35.5. The molecule has 1 aliphatic heterocycles. The van der Waals surface area contributed by atoms with Gasteiger partial charge in [0.15, 0.2) is 5.75 Å². The summed E-state index contributed by atoms with van der Waals surface area (Å²) in [5.41, 5.74) is 1.77. The minimum atomic E-state index is -4.70. The molecule has 3 aromatic rings. The number of hydrogen-bond acceptors (Lipinski definition) is 8. The summed E-state index contributed by atoms with van der Waals surface area (Å²) in [6.45, 7) is 1.59. The molecule has 0 bridgehead atoms. The SMILES string of the molecule is COC(=O)[C@H](c1ccccc1Cl)N1CCc2sccc2C1.O=C(O)c1ccccc1OS(=O)(=O)O. The highest BCUT2D eigenvalue weighted by Crippen LogP contribution is 2.33. The minimum Gasteiger partial charge on any atom is -0.478 e. The summed E-state index contributed by atoms with van der Waals surface area (Å²) >= 11 is 8.07. The van der Waals surface area contributed by atoms with Crippen molar-refractivity contribution in [1.82, 2.24) is 4.90 Å². The molecule has 1 atom stereocenters. The van der Waals surface area contributed by atoms with Gasteiger partial charge in [-0.15, -0.1) is 11.3 Å². The molecule has 4 rings (SSSR count). The first kappa shape index (κ1) is 26.6. The van der Waals surface area contributed by atoms with Gasteiger partial charge in [-0.05, 0) is 47.2 Å². The minimum absolute atomic E-state index is 0.262. The number of rotatable bonds is 6. The molecule has 0 amide bonds. The number of benzene rings is 2. The van der Waals surface area contributed by atoms with Crippen LogP contribution in [0.3, 0.4) is 0 Å². The summed E-state index contributed by atoms with van der Waals surface area (Å²) in [6, 6.07) is 14.2. The van der Waals surface area contributed by atoms with E-state index in [0.717, 1.165) is 37.2 Å². The molecule has 2 N–H and O–H groups in total. The average molecular weight is 540 g/mol. The van der Waals surface area contributed by atoms with Crippen LogP contribution in [0.5, 0.6) is 5.75 Å². The van der Waals surface area contributed by atoms with Gasteiger partial charge in [-0.2, -0.15) is 8.42 Å². The van der Waals surface area contributed by atoms with Crippen LogP contribution in [0, 0.1) is 0 Å². The third-order valence-corrected chi connectivity index (χ3v) is 6.90. The summed E-state index contributed by atoms with van der Waals surface area (Å²) in [6.07, 6.45) is 0.963. The smallest absolute Gasteiger partial charge is 0.446 e. The molecule has 12 heteroatoms. The van der Waals surface area contributed by atoms with Crippen LogP contribution in [0.15, 0.2) is 60.0 Å². The number of para-hydroxylation sites is 1. The summed E-state index contributed by atoms with van der Waals surface area (Å²) in [5.74, 6) is -2.03. The van der Waals surface area contributed by atoms with Crippen molar-refractivity contribution >= 4 is 45.3 Å². The number of ether oxygens (including phenoxy) is 1.